The highest BCUT2D eigenvalue weighted by Crippen LogP contribution is 2.34. The zero-order chi connectivity index (χ0) is 23.8. The van der Waals surface area contributed by atoms with Crippen molar-refractivity contribution in [3.05, 3.63) is 58.5 Å². The Labute approximate surface area is 206 Å². The predicted molar refractivity (Wildman–Crippen MR) is 134 cm³/mol. The summed E-state index contributed by atoms with van der Waals surface area (Å²) in [7, 11) is 1.55. The number of rotatable bonds is 5. The van der Waals surface area contributed by atoms with Crippen LogP contribution in [0.4, 0.5) is 17.5 Å². The number of pyridine rings is 1. The minimum absolute atomic E-state index is 0.143. The number of fused-ring (bicyclic) bond motifs is 1. The number of piperazine rings is 1. The average Bonchev–Trinajstić information content (AvgIpc) is 3.26. The molecule has 3 aromatic heterocycles. The van der Waals surface area contributed by atoms with Gasteiger partial charge in [0.05, 0.1) is 24.4 Å². The molecule has 1 aliphatic rings. The highest BCUT2D eigenvalue weighted by atomic mass is 35.5. The quantitative estimate of drug-likeness (QED) is 0.402. The molecular formula is C23H23Cl2N7O2. The molecule has 0 amide bonds. The first-order valence-corrected chi connectivity index (χ1v) is 11.5. The summed E-state index contributed by atoms with van der Waals surface area (Å²) in [5.74, 6) is 1.43. The Balaban J connectivity index is 1.37. The highest BCUT2D eigenvalue weighted by molar-refractivity contribution is 6.32. The third-order valence-electron chi connectivity index (χ3n) is 5.94. The van der Waals surface area contributed by atoms with E-state index < -0.39 is 0 Å². The molecule has 9 nitrogen and oxygen atoms in total. The Morgan fingerprint density at radius 3 is 2.50 bits per heavy atom. The summed E-state index contributed by atoms with van der Waals surface area (Å²) in [5.41, 5.74) is 9.84. The molecule has 0 saturated carbocycles. The van der Waals surface area contributed by atoms with Crippen LogP contribution >= 0.6 is 23.2 Å². The van der Waals surface area contributed by atoms with Crippen LogP contribution in [0.15, 0.2) is 42.7 Å². The summed E-state index contributed by atoms with van der Waals surface area (Å²) in [6.45, 7) is 3.04. The number of anilines is 3. The van der Waals surface area contributed by atoms with Gasteiger partial charge in [-0.2, -0.15) is 4.98 Å². The number of aliphatic hydroxyl groups excluding tert-OH is 1. The van der Waals surface area contributed by atoms with Gasteiger partial charge in [0.1, 0.15) is 22.4 Å². The number of benzene rings is 1. The molecule has 176 valence electrons. The lowest BCUT2D eigenvalue weighted by Gasteiger charge is -2.36. The van der Waals surface area contributed by atoms with Crippen LogP contribution in [0.5, 0.6) is 5.75 Å². The van der Waals surface area contributed by atoms with Crippen molar-refractivity contribution in [1.29, 1.82) is 0 Å². The normalized spacial score (nSPS) is 14.1. The number of nitrogen functional groups attached to an aromatic ring is 1. The van der Waals surface area contributed by atoms with Crippen molar-refractivity contribution in [1.82, 2.24) is 19.4 Å². The number of aliphatic hydroxyl groups is 1. The van der Waals surface area contributed by atoms with Gasteiger partial charge in [-0.25, -0.2) is 9.97 Å². The molecule has 11 heteroatoms. The Morgan fingerprint density at radius 1 is 1.03 bits per heavy atom. The molecule has 5 rings (SSSR count). The van der Waals surface area contributed by atoms with E-state index in [1.165, 1.54) is 0 Å². The maximum atomic E-state index is 9.85. The van der Waals surface area contributed by atoms with Crippen molar-refractivity contribution in [3.63, 3.8) is 0 Å². The molecule has 4 aromatic rings. The standard InChI is InChI=1S/C23H23Cl2N7O2/c1-34-19-8-14(13-33)16(10-17(19)24)18-12-32-3-2-15(9-21(32)27-18)30-4-6-31(7-5-30)22-11-20(25)28-23(26)29-22/h2-3,8-12,33H,4-7,13H2,1H3,(H2,26,28,29). The van der Waals surface area contributed by atoms with Crippen molar-refractivity contribution < 1.29 is 9.84 Å². The van der Waals surface area contributed by atoms with Gasteiger partial charge in [0.15, 0.2) is 0 Å². The lowest BCUT2D eigenvalue weighted by atomic mass is 10.1. The summed E-state index contributed by atoms with van der Waals surface area (Å²) in [4.78, 5) is 17.5. The van der Waals surface area contributed by atoms with Crippen LogP contribution in [-0.4, -0.2) is 57.7 Å². The van der Waals surface area contributed by atoms with Crippen LogP contribution in [0.2, 0.25) is 10.2 Å². The minimum Gasteiger partial charge on any atom is -0.495 e. The van der Waals surface area contributed by atoms with E-state index in [0.717, 1.165) is 54.6 Å². The first-order valence-electron chi connectivity index (χ1n) is 10.7. The Kier molecular flexibility index (Phi) is 6.07. The van der Waals surface area contributed by atoms with Gasteiger partial charge in [0.25, 0.3) is 0 Å². The van der Waals surface area contributed by atoms with E-state index in [2.05, 4.69) is 31.9 Å². The second-order valence-electron chi connectivity index (χ2n) is 7.96. The smallest absolute Gasteiger partial charge is 0.223 e. The molecule has 0 aliphatic carbocycles. The van der Waals surface area contributed by atoms with Crippen molar-refractivity contribution >= 4 is 46.3 Å². The van der Waals surface area contributed by atoms with Gasteiger partial charge in [0, 0.05) is 62.0 Å². The van der Waals surface area contributed by atoms with Crippen molar-refractivity contribution in [3.8, 4) is 17.0 Å². The zero-order valence-corrected chi connectivity index (χ0v) is 20.0. The molecule has 0 spiro atoms. The molecule has 1 aliphatic heterocycles. The molecule has 34 heavy (non-hydrogen) atoms. The van der Waals surface area contributed by atoms with Crippen LogP contribution in [0.3, 0.4) is 0 Å². The molecule has 1 fully saturated rings. The van der Waals surface area contributed by atoms with Crippen LogP contribution < -0.4 is 20.3 Å². The summed E-state index contributed by atoms with van der Waals surface area (Å²) in [6, 6.07) is 9.38. The minimum atomic E-state index is -0.143. The third-order valence-corrected chi connectivity index (χ3v) is 6.42. The number of hydrogen-bond donors (Lipinski definition) is 2. The number of nitrogens with two attached hydrogens (primary N) is 1. The number of nitrogens with zero attached hydrogens (tertiary/aromatic N) is 6. The largest absolute Gasteiger partial charge is 0.495 e. The van der Waals surface area contributed by atoms with Crippen molar-refractivity contribution in [2.24, 2.45) is 0 Å². The van der Waals surface area contributed by atoms with Crippen molar-refractivity contribution in [2.45, 2.75) is 6.61 Å². The van der Waals surface area contributed by atoms with Gasteiger partial charge in [-0.1, -0.05) is 23.2 Å². The molecule has 4 heterocycles. The van der Waals surface area contributed by atoms with E-state index in [1.807, 2.05) is 16.8 Å². The van der Waals surface area contributed by atoms with Gasteiger partial charge in [-0.15, -0.1) is 0 Å². The van der Waals surface area contributed by atoms with E-state index in [1.54, 1.807) is 25.3 Å². The fourth-order valence-electron chi connectivity index (χ4n) is 4.20. The summed E-state index contributed by atoms with van der Waals surface area (Å²) in [5, 5.41) is 10.7. The van der Waals surface area contributed by atoms with Crippen LogP contribution in [0.1, 0.15) is 5.56 Å². The molecular weight excluding hydrogens is 477 g/mol. The second-order valence-corrected chi connectivity index (χ2v) is 8.75. The number of hydrogen-bond acceptors (Lipinski definition) is 8. The first kappa shape index (κ1) is 22.5. The molecule has 0 atom stereocenters. The van der Waals surface area contributed by atoms with Gasteiger partial charge in [-0.05, 0) is 23.8 Å². The summed E-state index contributed by atoms with van der Waals surface area (Å²) >= 11 is 12.4. The second kappa shape index (κ2) is 9.17. The molecule has 0 unspecified atom stereocenters. The maximum absolute atomic E-state index is 9.85. The van der Waals surface area contributed by atoms with E-state index in [-0.39, 0.29) is 12.6 Å². The van der Waals surface area contributed by atoms with E-state index >= 15 is 0 Å². The molecule has 1 saturated heterocycles. The van der Waals surface area contributed by atoms with Crippen molar-refractivity contribution in [2.75, 3.05) is 48.8 Å². The Hall–Kier alpha value is -3.27. The van der Waals surface area contributed by atoms with Crippen LogP contribution in [-0.2, 0) is 6.61 Å². The van der Waals surface area contributed by atoms with E-state index in [4.69, 9.17) is 38.7 Å². The highest BCUT2D eigenvalue weighted by Gasteiger charge is 2.20. The third kappa shape index (κ3) is 4.29. The monoisotopic (exact) mass is 499 g/mol. The number of ether oxygens (including phenoxy) is 1. The van der Waals surface area contributed by atoms with E-state index in [9.17, 15) is 5.11 Å². The predicted octanol–water partition coefficient (Wildman–Crippen LogP) is 3.51. The number of aromatic nitrogens is 4. The molecule has 1 aromatic carbocycles. The Morgan fingerprint density at radius 2 is 1.79 bits per heavy atom. The number of imidazole rings is 1. The summed E-state index contributed by atoms with van der Waals surface area (Å²) < 4.78 is 7.23. The topological polar surface area (TPSA) is 105 Å². The zero-order valence-electron chi connectivity index (χ0n) is 18.4. The molecule has 0 bridgehead atoms. The van der Waals surface area contributed by atoms with Crippen LogP contribution in [0.25, 0.3) is 16.9 Å². The fourth-order valence-corrected chi connectivity index (χ4v) is 4.62. The van der Waals surface area contributed by atoms with E-state index in [0.29, 0.717) is 21.5 Å². The lowest BCUT2D eigenvalue weighted by Crippen LogP contribution is -2.46. The lowest BCUT2D eigenvalue weighted by molar-refractivity contribution is 0.281. The SMILES string of the molecule is COc1cc(CO)c(-c2cn3ccc(N4CCN(c5cc(Cl)nc(N)n5)CC4)cc3n2)cc1Cl. The van der Waals surface area contributed by atoms with Gasteiger partial charge in [0.2, 0.25) is 5.95 Å². The first-order chi connectivity index (χ1) is 16.4. The average molecular weight is 500 g/mol. The number of halogens is 2. The molecule has 3 N–H and O–H groups in total. The van der Waals surface area contributed by atoms with Gasteiger partial charge in [-0.3, -0.25) is 0 Å². The van der Waals surface area contributed by atoms with Gasteiger partial charge >= 0.3 is 0 Å². The molecule has 0 radical (unpaired) electrons. The van der Waals surface area contributed by atoms with Gasteiger partial charge < -0.3 is 29.8 Å². The van der Waals surface area contributed by atoms with Crippen LogP contribution in [0, 0.1) is 0 Å². The summed E-state index contributed by atoms with van der Waals surface area (Å²) in [6.07, 6.45) is 3.92. The Bertz CT molecular complexity index is 1330. The number of methoxy groups -OCH3 is 1. The fraction of sp³-hybridized carbons (Fsp3) is 0.261. The maximum Gasteiger partial charge on any atom is 0.223 e.